The van der Waals surface area contributed by atoms with Gasteiger partial charge in [0.1, 0.15) is 5.60 Å². The highest BCUT2D eigenvalue weighted by atomic mass is 16.6. The van der Waals surface area contributed by atoms with Crippen molar-refractivity contribution < 1.29 is 19.4 Å². The molecule has 0 saturated heterocycles. The number of ether oxygens (including phenoxy) is 1. The molecule has 0 heterocycles. The molecule has 1 aliphatic rings. The van der Waals surface area contributed by atoms with Crippen LogP contribution in [0.4, 0.5) is 0 Å². The van der Waals surface area contributed by atoms with Crippen LogP contribution in [0.15, 0.2) is 48.5 Å². The van der Waals surface area contributed by atoms with Crippen LogP contribution >= 0.6 is 0 Å². The van der Waals surface area contributed by atoms with Gasteiger partial charge in [0.15, 0.2) is 0 Å². The highest BCUT2D eigenvalue weighted by Gasteiger charge is 2.24. The van der Waals surface area contributed by atoms with Gasteiger partial charge in [-0.25, -0.2) is 0 Å². The van der Waals surface area contributed by atoms with E-state index in [1.807, 2.05) is 18.2 Å². The van der Waals surface area contributed by atoms with Crippen LogP contribution in [0.5, 0.6) is 0 Å². The average Bonchev–Trinajstić information content (AvgIpc) is 2.79. The van der Waals surface area contributed by atoms with Crippen LogP contribution in [0.1, 0.15) is 83.3 Å². The molecule has 3 N–H and O–H groups in total. The van der Waals surface area contributed by atoms with E-state index in [2.05, 4.69) is 37.3 Å². The molecule has 0 aliphatic heterocycles. The van der Waals surface area contributed by atoms with Crippen LogP contribution in [0.25, 0.3) is 11.1 Å². The van der Waals surface area contributed by atoms with E-state index in [1.165, 1.54) is 54.4 Å². The summed E-state index contributed by atoms with van der Waals surface area (Å²) >= 11 is 0. The summed E-state index contributed by atoms with van der Waals surface area (Å²) in [6.45, 7) is 7.43. The molecular formula is C30H43NO4. The third-order valence-corrected chi connectivity index (χ3v) is 6.23. The first kappa shape index (κ1) is 28.6. The maximum absolute atomic E-state index is 11.9. The summed E-state index contributed by atoms with van der Waals surface area (Å²) in [5.41, 5.74) is 9.81. The first-order valence-electron chi connectivity index (χ1n) is 12.9. The molecule has 192 valence electrons. The van der Waals surface area contributed by atoms with Gasteiger partial charge in [0.2, 0.25) is 0 Å². The van der Waals surface area contributed by atoms with E-state index in [4.69, 9.17) is 10.5 Å². The third kappa shape index (κ3) is 11.1. The average molecular weight is 482 g/mol. The maximum Gasteiger partial charge on any atom is 0.307 e. The van der Waals surface area contributed by atoms with E-state index < -0.39 is 23.5 Å². The standard InChI is InChI=1S/C24H30O4.C6H13N/c1-17-15-18(13-14-21(17)19-10-6-5-7-11-19)9-8-12-20(23(26)27)16-22(25)28-24(2,3)4;7-6-4-2-1-3-5-6/h5-7,10-11,13-15,20H,8-9,12,16H2,1-4H3,(H,26,27);6H,1-5,7H2/t20-;/m1./s1. The molecule has 0 unspecified atom stereocenters. The van der Waals surface area contributed by atoms with Crippen LogP contribution in [0.3, 0.4) is 0 Å². The Labute approximate surface area is 211 Å². The Hall–Kier alpha value is -2.66. The van der Waals surface area contributed by atoms with Crippen molar-refractivity contribution in [3.8, 4) is 11.1 Å². The summed E-state index contributed by atoms with van der Waals surface area (Å²) in [7, 11) is 0. The van der Waals surface area contributed by atoms with Crippen molar-refractivity contribution in [1.82, 2.24) is 0 Å². The number of carbonyl (C=O) groups is 2. The van der Waals surface area contributed by atoms with E-state index in [-0.39, 0.29) is 6.42 Å². The predicted molar refractivity (Wildman–Crippen MR) is 142 cm³/mol. The second kappa shape index (κ2) is 14.0. The smallest absolute Gasteiger partial charge is 0.307 e. The summed E-state index contributed by atoms with van der Waals surface area (Å²) in [6.07, 6.45) is 8.53. The van der Waals surface area contributed by atoms with Gasteiger partial charge < -0.3 is 15.6 Å². The fraction of sp³-hybridized carbons (Fsp3) is 0.533. The van der Waals surface area contributed by atoms with Gasteiger partial charge in [-0.3, -0.25) is 9.59 Å². The Morgan fingerprint density at radius 1 is 1.06 bits per heavy atom. The largest absolute Gasteiger partial charge is 0.481 e. The number of benzene rings is 2. The first-order chi connectivity index (χ1) is 16.5. The zero-order valence-electron chi connectivity index (χ0n) is 21.9. The lowest BCUT2D eigenvalue weighted by Crippen LogP contribution is -2.27. The fourth-order valence-corrected chi connectivity index (χ4v) is 4.41. The molecule has 0 amide bonds. The van der Waals surface area contributed by atoms with Crippen LogP contribution in [-0.4, -0.2) is 28.7 Å². The Balaban J connectivity index is 0.000000527. The second-order valence-electron chi connectivity index (χ2n) is 10.6. The Bertz CT molecular complexity index is 927. The number of rotatable bonds is 8. The van der Waals surface area contributed by atoms with Crippen LogP contribution in [0.2, 0.25) is 0 Å². The quantitative estimate of drug-likeness (QED) is 0.410. The van der Waals surface area contributed by atoms with Crippen molar-refractivity contribution in [3.05, 3.63) is 59.7 Å². The summed E-state index contributed by atoms with van der Waals surface area (Å²) in [6, 6.07) is 17.2. The number of hydrogen-bond acceptors (Lipinski definition) is 4. The van der Waals surface area contributed by atoms with Crippen molar-refractivity contribution in [2.75, 3.05) is 0 Å². The molecule has 1 atom stereocenters. The van der Waals surface area contributed by atoms with Crippen molar-refractivity contribution in [2.24, 2.45) is 11.7 Å². The lowest BCUT2D eigenvalue weighted by molar-refractivity contribution is -0.160. The van der Waals surface area contributed by atoms with E-state index in [0.29, 0.717) is 18.9 Å². The lowest BCUT2D eigenvalue weighted by Gasteiger charge is -2.21. The summed E-state index contributed by atoms with van der Waals surface area (Å²) < 4.78 is 5.25. The lowest BCUT2D eigenvalue weighted by atomic mass is 9.94. The first-order valence-corrected chi connectivity index (χ1v) is 12.9. The minimum atomic E-state index is -0.943. The number of carbonyl (C=O) groups excluding carboxylic acids is 1. The third-order valence-electron chi connectivity index (χ3n) is 6.23. The van der Waals surface area contributed by atoms with Crippen molar-refractivity contribution in [3.63, 3.8) is 0 Å². The molecule has 5 heteroatoms. The van der Waals surface area contributed by atoms with Crippen LogP contribution in [-0.2, 0) is 20.7 Å². The molecule has 35 heavy (non-hydrogen) atoms. The van der Waals surface area contributed by atoms with Gasteiger partial charge in [0.25, 0.3) is 0 Å². The Kier molecular flexibility index (Phi) is 11.5. The monoisotopic (exact) mass is 481 g/mol. The zero-order valence-corrected chi connectivity index (χ0v) is 21.9. The molecule has 1 aliphatic carbocycles. The maximum atomic E-state index is 11.9. The summed E-state index contributed by atoms with van der Waals surface area (Å²) in [5, 5.41) is 9.42. The number of aryl methyl sites for hydroxylation is 2. The van der Waals surface area contributed by atoms with Gasteiger partial charge in [-0.1, -0.05) is 67.8 Å². The summed E-state index contributed by atoms with van der Waals surface area (Å²) in [4.78, 5) is 23.4. The number of aliphatic carboxylic acids is 1. The molecule has 2 aromatic rings. The number of carboxylic acid groups (broad SMARTS) is 1. The zero-order chi connectivity index (χ0) is 25.8. The second-order valence-corrected chi connectivity index (χ2v) is 10.6. The highest BCUT2D eigenvalue weighted by molar-refractivity contribution is 5.79. The number of esters is 1. The molecule has 1 saturated carbocycles. The number of carboxylic acids is 1. The highest BCUT2D eigenvalue weighted by Crippen LogP contribution is 2.25. The molecule has 0 spiro atoms. The van der Waals surface area contributed by atoms with Crippen LogP contribution < -0.4 is 5.73 Å². The molecule has 0 bridgehead atoms. The minimum absolute atomic E-state index is 0.0847. The molecule has 1 fully saturated rings. The molecule has 5 nitrogen and oxygen atoms in total. The number of hydrogen-bond donors (Lipinski definition) is 2. The topological polar surface area (TPSA) is 89.6 Å². The van der Waals surface area contributed by atoms with Crippen molar-refractivity contribution in [2.45, 2.75) is 97.1 Å². The van der Waals surface area contributed by atoms with E-state index in [9.17, 15) is 14.7 Å². The normalized spacial score (nSPS) is 15.0. The van der Waals surface area contributed by atoms with Gasteiger partial charge in [-0.2, -0.15) is 0 Å². The van der Waals surface area contributed by atoms with Crippen molar-refractivity contribution >= 4 is 11.9 Å². The minimum Gasteiger partial charge on any atom is -0.481 e. The molecular weight excluding hydrogens is 438 g/mol. The van der Waals surface area contributed by atoms with Gasteiger partial charge in [-0.15, -0.1) is 0 Å². The molecule has 0 aromatic heterocycles. The molecule has 2 aromatic carbocycles. The van der Waals surface area contributed by atoms with Gasteiger partial charge in [0, 0.05) is 6.04 Å². The van der Waals surface area contributed by atoms with Gasteiger partial charge >= 0.3 is 11.9 Å². The van der Waals surface area contributed by atoms with E-state index >= 15 is 0 Å². The predicted octanol–water partition coefficient (Wildman–Crippen LogP) is 6.70. The molecule has 3 rings (SSSR count). The molecule has 0 radical (unpaired) electrons. The van der Waals surface area contributed by atoms with Crippen LogP contribution in [0, 0.1) is 12.8 Å². The Morgan fingerprint density at radius 2 is 1.71 bits per heavy atom. The van der Waals surface area contributed by atoms with Gasteiger partial charge in [-0.05, 0) is 82.1 Å². The van der Waals surface area contributed by atoms with Crippen molar-refractivity contribution in [1.29, 1.82) is 0 Å². The number of nitrogens with two attached hydrogens (primary N) is 1. The fourth-order valence-electron chi connectivity index (χ4n) is 4.41. The summed E-state index contributed by atoms with van der Waals surface area (Å²) in [5.74, 6) is -2.11. The van der Waals surface area contributed by atoms with E-state index in [1.54, 1.807) is 20.8 Å². The Morgan fingerprint density at radius 3 is 2.23 bits per heavy atom. The SMILES string of the molecule is Cc1cc(CCC[C@H](CC(=O)OC(C)(C)C)C(=O)O)ccc1-c1ccccc1.NC1CCCCC1. The van der Waals surface area contributed by atoms with Gasteiger partial charge in [0.05, 0.1) is 12.3 Å². The van der Waals surface area contributed by atoms with E-state index in [0.717, 1.165) is 6.42 Å².